The summed E-state index contributed by atoms with van der Waals surface area (Å²) < 4.78 is 31.5. The van der Waals surface area contributed by atoms with Gasteiger partial charge in [0.25, 0.3) is 0 Å². The van der Waals surface area contributed by atoms with Crippen LogP contribution in [0.2, 0.25) is 0 Å². The first-order valence-corrected chi connectivity index (χ1v) is 11.1. The van der Waals surface area contributed by atoms with Crippen LogP contribution in [0.4, 0.5) is 10.1 Å². The molecule has 5 rings (SSSR count). The van der Waals surface area contributed by atoms with E-state index in [1.165, 1.54) is 6.07 Å². The second-order valence-corrected chi connectivity index (χ2v) is 8.24. The van der Waals surface area contributed by atoms with E-state index >= 15 is 0 Å². The number of hydrogen-bond acceptors (Lipinski definition) is 5. The van der Waals surface area contributed by atoms with Crippen molar-refractivity contribution in [3.05, 3.63) is 78.1 Å². The number of anilines is 1. The van der Waals surface area contributed by atoms with Crippen LogP contribution in [0, 0.1) is 5.82 Å². The number of piperazine rings is 1. The molecule has 0 amide bonds. The molecule has 1 fully saturated rings. The van der Waals surface area contributed by atoms with E-state index in [0.29, 0.717) is 11.4 Å². The zero-order valence-electron chi connectivity index (χ0n) is 18.9. The Labute approximate surface area is 192 Å². The van der Waals surface area contributed by atoms with Gasteiger partial charge in [-0.15, -0.1) is 0 Å². The first-order chi connectivity index (χ1) is 16.2. The topological polar surface area (TPSA) is 38.1 Å². The molecule has 0 spiro atoms. The van der Waals surface area contributed by atoms with Gasteiger partial charge in [0.05, 0.1) is 25.5 Å². The summed E-state index contributed by atoms with van der Waals surface area (Å²) in [5.41, 5.74) is 3.48. The van der Waals surface area contributed by atoms with Gasteiger partial charge in [0.15, 0.2) is 11.3 Å². The standard InChI is InChI=1S/C27H27FN2O3/c1-31-24-10-6-3-7-21(24)25-17-20-15-19(16-26(32-2)27(20)33-25)18-29-11-13-30(14-12-29)23-9-5-4-8-22(23)28/h3-10,15-17H,11-14,18H2,1-2H3. The van der Waals surface area contributed by atoms with E-state index in [1.807, 2.05) is 48.5 Å². The number of rotatable bonds is 6. The van der Waals surface area contributed by atoms with Crippen LogP contribution < -0.4 is 14.4 Å². The maximum Gasteiger partial charge on any atom is 0.176 e. The van der Waals surface area contributed by atoms with Gasteiger partial charge in [-0.05, 0) is 48.0 Å². The molecule has 0 bridgehead atoms. The number of hydrogen-bond donors (Lipinski definition) is 0. The van der Waals surface area contributed by atoms with Gasteiger partial charge in [-0.25, -0.2) is 4.39 Å². The molecule has 2 heterocycles. The molecule has 0 aliphatic carbocycles. The Morgan fingerprint density at radius 2 is 1.58 bits per heavy atom. The van der Waals surface area contributed by atoms with Crippen molar-refractivity contribution in [3.8, 4) is 22.8 Å². The maximum absolute atomic E-state index is 14.1. The van der Waals surface area contributed by atoms with Crippen LogP contribution in [0.5, 0.6) is 11.5 Å². The minimum absolute atomic E-state index is 0.160. The SMILES string of the molecule is COc1ccccc1-c1cc2cc(CN3CCN(c4ccccc4F)CC3)cc(OC)c2o1. The fourth-order valence-electron chi connectivity index (χ4n) is 4.52. The third-order valence-corrected chi connectivity index (χ3v) is 6.21. The van der Waals surface area contributed by atoms with E-state index in [1.54, 1.807) is 20.3 Å². The number of halogens is 1. The molecule has 6 heteroatoms. The van der Waals surface area contributed by atoms with Gasteiger partial charge in [0.1, 0.15) is 17.3 Å². The molecule has 0 saturated carbocycles. The predicted octanol–water partition coefficient (Wildman–Crippen LogP) is 5.58. The third-order valence-electron chi connectivity index (χ3n) is 6.21. The smallest absolute Gasteiger partial charge is 0.176 e. The number of fused-ring (bicyclic) bond motifs is 1. The summed E-state index contributed by atoms with van der Waals surface area (Å²) in [5.74, 6) is 2.07. The molecule has 33 heavy (non-hydrogen) atoms. The van der Waals surface area contributed by atoms with E-state index < -0.39 is 0 Å². The summed E-state index contributed by atoms with van der Waals surface area (Å²) in [5, 5.41) is 0.996. The predicted molar refractivity (Wildman–Crippen MR) is 129 cm³/mol. The lowest BCUT2D eigenvalue weighted by Crippen LogP contribution is -2.46. The number of benzene rings is 3. The minimum atomic E-state index is -0.160. The van der Waals surface area contributed by atoms with E-state index in [2.05, 4.69) is 15.9 Å². The van der Waals surface area contributed by atoms with Crippen LogP contribution in [0.3, 0.4) is 0 Å². The van der Waals surface area contributed by atoms with Crippen molar-refractivity contribution in [3.63, 3.8) is 0 Å². The van der Waals surface area contributed by atoms with Gasteiger partial charge in [-0.3, -0.25) is 4.90 Å². The highest BCUT2D eigenvalue weighted by atomic mass is 19.1. The fraction of sp³-hybridized carbons (Fsp3) is 0.259. The summed E-state index contributed by atoms with van der Waals surface area (Å²) in [7, 11) is 3.32. The van der Waals surface area contributed by atoms with Gasteiger partial charge in [0, 0.05) is 38.1 Å². The average Bonchev–Trinajstić information content (AvgIpc) is 3.28. The Balaban J connectivity index is 1.35. The lowest BCUT2D eigenvalue weighted by molar-refractivity contribution is 0.249. The zero-order chi connectivity index (χ0) is 22.8. The second-order valence-electron chi connectivity index (χ2n) is 8.24. The number of ether oxygens (including phenoxy) is 2. The van der Waals surface area contributed by atoms with Crippen LogP contribution in [-0.4, -0.2) is 45.3 Å². The highest BCUT2D eigenvalue weighted by Gasteiger charge is 2.21. The normalized spacial score (nSPS) is 14.6. The number of methoxy groups -OCH3 is 2. The van der Waals surface area contributed by atoms with Crippen LogP contribution in [0.1, 0.15) is 5.56 Å². The van der Waals surface area contributed by atoms with Gasteiger partial charge in [0.2, 0.25) is 0 Å². The van der Waals surface area contributed by atoms with Crippen molar-refractivity contribution in [2.75, 3.05) is 45.3 Å². The van der Waals surface area contributed by atoms with E-state index in [9.17, 15) is 4.39 Å². The molecule has 1 aliphatic heterocycles. The Hall–Kier alpha value is -3.51. The van der Waals surface area contributed by atoms with Crippen LogP contribution >= 0.6 is 0 Å². The average molecular weight is 447 g/mol. The third kappa shape index (κ3) is 4.26. The minimum Gasteiger partial charge on any atom is -0.496 e. The van der Waals surface area contributed by atoms with Crippen molar-refractivity contribution in [2.24, 2.45) is 0 Å². The summed E-state index contributed by atoms with van der Waals surface area (Å²) in [6.45, 7) is 4.12. The van der Waals surface area contributed by atoms with Gasteiger partial charge < -0.3 is 18.8 Å². The molecule has 0 atom stereocenters. The quantitative estimate of drug-likeness (QED) is 0.387. The van der Waals surface area contributed by atoms with E-state index in [4.69, 9.17) is 13.9 Å². The Bertz CT molecular complexity index is 1260. The lowest BCUT2D eigenvalue weighted by atomic mass is 10.1. The highest BCUT2D eigenvalue weighted by molar-refractivity contribution is 5.89. The van der Waals surface area contributed by atoms with Crippen LogP contribution in [0.15, 0.2) is 71.1 Å². The highest BCUT2D eigenvalue weighted by Crippen LogP contribution is 2.38. The van der Waals surface area contributed by atoms with Crippen molar-refractivity contribution in [2.45, 2.75) is 6.54 Å². The van der Waals surface area contributed by atoms with Crippen molar-refractivity contribution in [1.29, 1.82) is 0 Å². The summed E-state index contributed by atoms with van der Waals surface area (Å²) in [6.07, 6.45) is 0. The van der Waals surface area contributed by atoms with Gasteiger partial charge in [-0.2, -0.15) is 0 Å². The Morgan fingerprint density at radius 1 is 0.848 bits per heavy atom. The molecule has 0 radical (unpaired) electrons. The monoisotopic (exact) mass is 446 g/mol. The van der Waals surface area contributed by atoms with Crippen molar-refractivity contribution < 1.29 is 18.3 Å². The van der Waals surface area contributed by atoms with Crippen molar-refractivity contribution >= 4 is 16.7 Å². The second kappa shape index (κ2) is 9.16. The number of furan rings is 1. The summed E-state index contributed by atoms with van der Waals surface area (Å²) >= 11 is 0. The maximum atomic E-state index is 14.1. The molecule has 170 valence electrons. The first-order valence-electron chi connectivity index (χ1n) is 11.1. The fourth-order valence-corrected chi connectivity index (χ4v) is 4.52. The van der Waals surface area contributed by atoms with Gasteiger partial charge >= 0.3 is 0 Å². The van der Waals surface area contributed by atoms with Gasteiger partial charge in [-0.1, -0.05) is 24.3 Å². The number of nitrogens with zero attached hydrogens (tertiary/aromatic N) is 2. The lowest BCUT2D eigenvalue weighted by Gasteiger charge is -2.36. The molecule has 1 saturated heterocycles. The molecular formula is C27H27FN2O3. The van der Waals surface area contributed by atoms with E-state index in [0.717, 1.165) is 66.3 Å². The number of para-hydroxylation sites is 2. The van der Waals surface area contributed by atoms with Crippen LogP contribution in [0.25, 0.3) is 22.3 Å². The Kier molecular flexibility index (Phi) is 5.92. The molecule has 5 nitrogen and oxygen atoms in total. The first kappa shape index (κ1) is 21.3. The molecule has 1 aromatic heterocycles. The summed E-state index contributed by atoms with van der Waals surface area (Å²) in [6, 6.07) is 21.0. The van der Waals surface area contributed by atoms with Crippen molar-refractivity contribution in [1.82, 2.24) is 4.90 Å². The molecule has 3 aromatic carbocycles. The molecule has 4 aromatic rings. The Morgan fingerprint density at radius 3 is 2.33 bits per heavy atom. The molecule has 0 unspecified atom stereocenters. The molecule has 1 aliphatic rings. The summed E-state index contributed by atoms with van der Waals surface area (Å²) in [4.78, 5) is 4.50. The van der Waals surface area contributed by atoms with E-state index in [-0.39, 0.29) is 5.82 Å². The largest absolute Gasteiger partial charge is 0.496 e. The van der Waals surface area contributed by atoms with Crippen LogP contribution in [-0.2, 0) is 6.54 Å². The zero-order valence-corrected chi connectivity index (χ0v) is 18.9. The molecular weight excluding hydrogens is 419 g/mol. The molecule has 0 N–H and O–H groups in total.